The molecule has 122 valence electrons. The minimum atomic E-state index is -2.09. The normalized spacial score (nSPS) is 13.7. The van der Waals surface area contributed by atoms with Crippen LogP contribution in [0.3, 0.4) is 0 Å². The SMILES string of the molecule is CCCCC[C@@H](N)[Sn]([CH2]CCC)([CH2]CCC)[CH2]CCC. The van der Waals surface area contributed by atoms with E-state index in [0.717, 1.165) is 0 Å². The Morgan fingerprint density at radius 3 is 1.40 bits per heavy atom. The van der Waals surface area contributed by atoms with Crippen LogP contribution in [0, 0.1) is 0 Å². The van der Waals surface area contributed by atoms with E-state index >= 15 is 0 Å². The third kappa shape index (κ3) is 8.26. The van der Waals surface area contributed by atoms with Gasteiger partial charge in [-0.05, 0) is 0 Å². The fraction of sp³-hybridized carbons (Fsp3) is 1.00. The second kappa shape index (κ2) is 13.4. The minimum absolute atomic E-state index is 0.639. The maximum atomic E-state index is 6.81. The summed E-state index contributed by atoms with van der Waals surface area (Å²) in [6.45, 7) is 9.34. The summed E-state index contributed by atoms with van der Waals surface area (Å²) in [5.74, 6) is 0. The number of unbranched alkanes of at least 4 members (excludes halogenated alkanes) is 5. The van der Waals surface area contributed by atoms with Gasteiger partial charge in [0.2, 0.25) is 0 Å². The molecular formula is C18H41NSn. The van der Waals surface area contributed by atoms with Gasteiger partial charge in [-0.25, -0.2) is 0 Å². The van der Waals surface area contributed by atoms with E-state index in [1.165, 1.54) is 64.2 Å². The Morgan fingerprint density at radius 1 is 0.650 bits per heavy atom. The van der Waals surface area contributed by atoms with Gasteiger partial charge in [0.1, 0.15) is 0 Å². The number of hydrogen-bond acceptors (Lipinski definition) is 1. The average Bonchev–Trinajstić information content (AvgIpc) is 2.47. The summed E-state index contributed by atoms with van der Waals surface area (Å²) in [6.07, 6.45) is 13.8. The first-order valence-electron chi connectivity index (χ1n) is 9.42. The molecule has 0 unspecified atom stereocenters. The molecule has 0 aromatic heterocycles. The predicted molar refractivity (Wildman–Crippen MR) is 97.0 cm³/mol. The zero-order valence-corrected chi connectivity index (χ0v) is 17.7. The van der Waals surface area contributed by atoms with Crippen LogP contribution in [-0.4, -0.2) is 22.4 Å². The van der Waals surface area contributed by atoms with E-state index in [0.29, 0.717) is 4.06 Å². The van der Waals surface area contributed by atoms with E-state index in [1.54, 1.807) is 13.3 Å². The van der Waals surface area contributed by atoms with Crippen molar-refractivity contribution in [3.8, 4) is 0 Å². The first kappa shape index (κ1) is 20.8. The summed E-state index contributed by atoms with van der Waals surface area (Å²) in [4.78, 5) is 0. The molecule has 0 aromatic rings. The van der Waals surface area contributed by atoms with Gasteiger partial charge in [0, 0.05) is 0 Å². The average molecular weight is 390 g/mol. The topological polar surface area (TPSA) is 26.0 Å². The molecule has 0 heterocycles. The molecule has 0 aliphatic heterocycles. The molecular weight excluding hydrogens is 349 g/mol. The van der Waals surface area contributed by atoms with Crippen molar-refractivity contribution in [2.45, 2.75) is 109 Å². The molecule has 1 atom stereocenters. The van der Waals surface area contributed by atoms with Gasteiger partial charge >= 0.3 is 133 Å². The van der Waals surface area contributed by atoms with E-state index < -0.39 is 18.4 Å². The first-order valence-corrected chi connectivity index (χ1v) is 17.1. The Bertz CT molecular complexity index is 184. The summed E-state index contributed by atoms with van der Waals surface area (Å²) in [5.41, 5.74) is 6.81. The molecule has 1 nitrogen and oxygen atoms in total. The molecule has 0 radical (unpaired) electrons. The first-order chi connectivity index (χ1) is 9.66. The molecule has 0 saturated carbocycles. The second-order valence-electron chi connectivity index (χ2n) is 6.78. The van der Waals surface area contributed by atoms with E-state index in [1.807, 2.05) is 0 Å². The quantitative estimate of drug-likeness (QED) is 0.274. The molecule has 0 saturated heterocycles. The Kier molecular flexibility index (Phi) is 13.9. The summed E-state index contributed by atoms with van der Waals surface area (Å²) in [7, 11) is 0. The molecule has 0 fully saturated rings. The fourth-order valence-corrected chi connectivity index (χ4v) is 20.1. The van der Waals surface area contributed by atoms with Gasteiger partial charge < -0.3 is 0 Å². The number of rotatable bonds is 14. The van der Waals surface area contributed by atoms with Gasteiger partial charge in [-0.3, -0.25) is 0 Å². The van der Waals surface area contributed by atoms with Gasteiger partial charge in [-0.15, -0.1) is 0 Å². The van der Waals surface area contributed by atoms with E-state index in [9.17, 15) is 0 Å². The molecule has 0 spiro atoms. The molecule has 2 N–H and O–H groups in total. The molecule has 20 heavy (non-hydrogen) atoms. The van der Waals surface area contributed by atoms with Crippen molar-refractivity contribution >= 4 is 18.4 Å². The van der Waals surface area contributed by atoms with Gasteiger partial charge in [0.05, 0.1) is 0 Å². The summed E-state index contributed by atoms with van der Waals surface area (Å²) < 4.78 is 5.34. The van der Waals surface area contributed by atoms with Crippen molar-refractivity contribution in [1.82, 2.24) is 0 Å². The Labute approximate surface area is 133 Å². The Hall–Kier alpha value is 0.759. The monoisotopic (exact) mass is 391 g/mol. The Morgan fingerprint density at radius 2 is 1.05 bits per heavy atom. The fourth-order valence-electron chi connectivity index (χ4n) is 3.44. The molecule has 2 heteroatoms. The molecule has 0 aliphatic rings. The summed E-state index contributed by atoms with van der Waals surface area (Å²) in [5, 5.41) is 0. The zero-order chi connectivity index (χ0) is 15.3. The molecule has 0 amide bonds. The summed E-state index contributed by atoms with van der Waals surface area (Å²) in [6, 6.07) is 0. The molecule has 0 aromatic carbocycles. The van der Waals surface area contributed by atoms with Crippen LogP contribution in [0.1, 0.15) is 91.9 Å². The molecule has 0 rings (SSSR count). The van der Waals surface area contributed by atoms with Crippen molar-refractivity contribution in [2.75, 3.05) is 0 Å². The van der Waals surface area contributed by atoms with Crippen LogP contribution >= 0.6 is 0 Å². The summed E-state index contributed by atoms with van der Waals surface area (Å²) >= 11 is -2.09. The standard InChI is InChI=1S/C6H14N.3C4H9.Sn/c1-2-3-4-5-6-7;3*1-3-4-2;/h6H,2-5,7H2,1H3;3*1,3-4H2,2H3;. The van der Waals surface area contributed by atoms with Gasteiger partial charge in [0.15, 0.2) is 0 Å². The third-order valence-corrected chi connectivity index (χ3v) is 21.9. The maximum absolute atomic E-state index is 6.81. The van der Waals surface area contributed by atoms with Crippen LogP contribution in [0.2, 0.25) is 13.3 Å². The van der Waals surface area contributed by atoms with Crippen LogP contribution < -0.4 is 5.73 Å². The van der Waals surface area contributed by atoms with E-state index in [2.05, 4.69) is 27.7 Å². The molecule has 0 aliphatic carbocycles. The van der Waals surface area contributed by atoms with E-state index in [4.69, 9.17) is 5.73 Å². The predicted octanol–water partition coefficient (Wildman–Crippen LogP) is 6.28. The second-order valence-corrected chi connectivity index (χ2v) is 20.9. The third-order valence-electron chi connectivity index (χ3n) is 4.99. The molecule has 0 bridgehead atoms. The van der Waals surface area contributed by atoms with Crippen LogP contribution in [0.25, 0.3) is 0 Å². The van der Waals surface area contributed by atoms with Crippen molar-refractivity contribution in [3.05, 3.63) is 0 Å². The van der Waals surface area contributed by atoms with Crippen LogP contribution in [-0.2, 0) is 0 Å². The van der Waals surface area contributed by atoms with Crippen molar-refractivity contribution < 1.29 is 0 Å². The van der Waals surface area contributed by atoms with E-state index in [-0.39, 0.29) is 0 Å². The van der Waals surface area contributed by atoms with Crippen LogP contribution in [0.15, 0.2) is 0 Å². The number of nitrogens with two attached hydrogens (primary N) is 1. The van der Waals surface area contributed by atoms with Crippen LogP contribution in [0.5, 0.6) is 0 Å². The van der Waals surface area contributed by atoms with Gasteiger partial charge in [0.25, 0.3) is 0 Å². The Balaban J connectivity index is 4.71. The van der Waals surface area contributed by atoms with Gasteiger partial charge in [-0.1, -0.05) is 0 Å². The van der Waals surface area contributed by atoms with Crippen molar-refractivity contribution in [1.29, 1.82) is 0 Å². The zero-order valence-electron chi connectivity index (χ0n) is 14.8. The number of hydrogen-bond donors (Lipinski definition) is 1. The van der Waals surface area contributed by atoms with Crippen molar-refractivity contribution in [2.24, 2.45) is 5.73 Å². The van der Waals surface area contributed by atoms with Gasteiger partial charge in [-0.2, -0.15) is 0 Å². The van der Waals surface area contributed by atoms with Crippen LogP contribution in [0.4, 0.5) is 0 Å². The van der Waals surface area contributed by atoms with Crippen molar-refractivity contribution in [3.63, 3.8) is 0 Å².